The third-order valence-electron chi connectivity index (χ3n) is 4.52. The Morgan fingerprint density at radius 2 is 1.53 bits per heavy atom. The van der Waals surface area contributed by atoms with E-state index in [2.05, 4.69) is 5.32 Å². The lowest BCUT2D eigenvalue weighted by Gasteiger charge is -2.09. The Kier molecular flexibility index (Phi) is 12.7. The first kappa shape index (κ1) is 29.5. The molecule has 0 heterocycles. The van der Waals surface area contributed by atoms with Crippen LogP contribution in [0, 0.1) is 0 Å². The van der Waals surface area contributed by atoms with Gasteiger partial charge in [0.15, 0.2) is 0 Å². The third kappa shape index (κ3) is 9.38. The van der Waals surface area contributed by atoms with Crippen LogP contribution < -0.4 is 5.32 Å². The number of nitrogens with one attached hydrogen (secondary N) is 1. The van der Waals surface area contributed by atoms with Crippen molar-refractivity contribution in [3.63, 3.8) is 0 Å². The zero-order chi connectivity index (χ0) is 25.8. The van der Waals surface area contributed by atoms with E-state index in [9.17, 15) is 9.59 Å². The van der Waals surface area contributed by atoms with Gasteiger partial charge in [-0.2, -0.15) is 0 Å². The van der Waals surface area contributed by atoms with E-state index >= 15 is 0 Å². The van der Waals surface area contributed by atoms with E-state index in [1.165, 1.54) is 12.1 Å². The van der Waals surface area contributed by atoms with Gasteiger partial charge in [-0.3, -0.25) is 4.79 Å². The molecule has 0 bridgehead atoms. The number of carbonyl (C=O) groups is 2. The molecule has 2 aromatic rings. The predicted octanol–water partition coefficient (Wildman–Crippen LogP) is 8.45. The number of allylic oxidation sites excluding steroid dienone is 5. The molecule has 2 rings (SSSR count). The molecule has 0 radical (unpaired) electrons. The van der Waals surface area contributed by atoms with E-state index in [1.54, 1.807) is 37.3 Å². The number of rotatable bonds is 7. The molecule has 7 heteroatoms. The molecule has 0 spiro atoms. The minimum Gasteiger partial charge on any atom is -0.427 e. The van der Waals surface area contributed by atoms with Gasteiger partial charge >= 0.3 is 5.97 Å². The molecule has 0 aliphatic heterocycles. The van der Waals surface area contributed by atoms with Crippen LogP contribution in [-0.4, -0.2) is 18.4 Å². The first-order chi connectivity index (χ1) is 16.1. The number of hydrogen-bond donors (Lipinski definition) is 1. The zero-order valence-electron chi connectivity index (χ0n) is 20.3. The number of amides is 1. The number of hydrogen-bond acceptors (Lipinski definition) is 3. The molecule has 1 N–H and O–H groups in total. The molecule has 0 saturated carbocycles. The average molecular weight is 523 g/mol. The summed E-state index contributed by atoms with van der Waals surface area (Å²) in [5.41, 5.74) is 3.35. The fraction of sp³-hybridized carbons (Fsp3) is 0.259. The summed E-state index contributed by atoms with van der Waals surface area (Å²) >= 11 is 18.0. The summed E-state index contributed by atoms with van der Waals surface area (Å²) in [6, 6.07) is 11.5. The molecule has 4 nitrogen and oxygen atoms in total. The molecular formula is C27H30Cl3NO3. The van der Waals surface area contributed by atoms with Gasteiger partial charge in [-0.05, 0) is 63.6 Å². The maximum atomic E-state index is 12.4. The number of carbonyl (C=O) groups excluding carboxylic acids is 2. The Morgan fingerprint density at radius 1 is 0.882 bits per heavy atom. The lowest BCUT2D eigenvalue weighted by Crippen LogP contribution is -2.25. The largest absolute Gasteiger partial charge is 0.427 e. The Labute approximate surface area is 217 Å². The number of benzene rings is 2. The van der Waals surface area contributed by atoms with Crippen LogP contribution in [0.3, 0.4) is 0 Å². The van der Waals surface area contributed by atoms with Crippen LogP contribution in [-0.2, 0) is 4.74 Å². The van der Waals surface area contributed by atoms with Gasteiger partial charge < -0.3 is 10.1 Å². The van der Waals surface area contributed by atoms with Crippen molar-refractivity contribution in [3.05, 3.63) is 103 Å². The van der Waals surface area contributed by atoms with Crippen molar-refractivity contribution in [2.24, 2.45) is 0 Å². The van der Waals surface area contributed by atoms with Crippen LogP contribution in [0.15, 0.2) is 77.1 Å². The molecular weight excluding hydrogens is 493 g/mol. The van der Waals surface area contributed by atoms with E-state index in [0.717, 1.165) is 16.7 Å². The zero-order valence-corrected chi connectivity index (χ0v) is 22.5. The van der Waals surface area contributed by atoms with Crippen molar-refractivity contribution in [2.45, 2.75) is 41.5 Å². The van der Waals surface area contributed by atoms with Gasteiger partial charge in [0.05, 0.1) is 21.2 Å². The van der Waals surface area contributed by atoms with Gasteiger partial charge in [-0.1, -0.05) is 84.1 Å². The van der Waals surface area contributed by atoms with Gasteiger partial charge in [0.2, 0.25) is 0 Å². The van der Waals surface area contributed by atoms with Crippen molar-refractivity contribution >= 4 is 46.7 Å². The Balaban J connectivity index is 0.00000281. The summed E-state index contributed by atoms with van der Waals surface area (Å²) in [6.07, 6.45) is 3.84. The van der Waals surface area contributed by atoms with Crippen LogP contribution in [0.4, 0.5) is 0 Å². The molecule has 182 valence electrons. The van der Waals surface area contributed by atoms with Gasteiger partial charge in [-0.15, -0.1) is 0 Å². The molecule has 0 aromatic heterocycles. The Hall–Kier alpha value is -2.53. The number of halogens is 3. The van der Waals surface area contributed by atoms with Gasteiger partial charge in [0.1, 0.15) is 5.76 Å². The highest BCUT2D eigenvalue weighted by molar-refractivity contribution is 6.36. The normalized spacial score (nSPS) is 12.3. The van der Waals surface area contributed by atoms with Crippen molar-refractivity contribution in [1.82, 2.24) is 5.32 Å². The minimum atomic E-state index is -0.552. The molecule has 0 aliphatic rings. The van der Waals surface area contributed by atoms with Gasteiger partial charge in [-0.25, -0.2) is 4.79 Å². The van der Waals surface area contributed by atoms with E-state index < -0.39 is 5.97 Å². The number of esters is 1. The van der Waals surface area contributed by atoms with Crippen molar-refractivity contribution in [1.29, 1.82) is 0 Å². The fourth-order valence-electron chi connectivity index (χ4n) is 2.81. The molecule has 0 saturated heterocycles. The summed E-state index contributed by atoms with van der Waals surface area (Å²) in [4.78, 5) is 24.7. The smallest absolute Gasteiger partial charge is 0.344 e. The highest BCUT2D eigenvalue weighted by Gasteiger charge is 2.14. The lowest BCUT2D eigenvalue weighted by molar-refractivity contribution is 0.0623. The molecule has 2 aromatic carbocycles. The van der Waals surface area contributed by atoms with E-state index in [4.69, 9.17) is 39.5 Å². The summed E-state index contributed by atoms with van der Waals surface area (Å²) in [6.45, 7) is 11.8. The maximum Gasteiger partial charge on any atom is 0.344 e. The summed E-state index contributed by atoms with van der Waals surface area (Å²) < 4.78 is 5.44. The number of ether oxygens (including phenoxy) is 1. The molecule has 0 fully saturated rings. The maximum absolute atomic E-state index is 12.4. The van der Waals surface area contributed by atoms with Gasteiger partial charge in [0.25, 0.3) is 5.91 Å². The average Bonchev–Trinajstić information content (AvgIpc) is 2.78. The second kappa shape index (κ2) is 14.7. The van der Waals surface area contributed by atoms with Crippen LogP contribution in [0.1, 0.15) is 62.3 Å². The summed E-state index contributed by atoms with van der Waals surface area (Å²) in [5.74, 6) is -0.327. The molecule has 0 unspecified atom stereocenters. The standard InChI is InChI=1S/C25H24Cl3NO3.C2H6/c1-15(11-16(2)14-29-24(30)20-7-5-6-8-22(20)27)12-17(3)18(4)32-25(31)21-10-9-19(26)13-23(21)28;1-2/h5-13H,14H2,1-4H3,(H,29,30);1-2H3/b15-12-,16-11+,18-17+;. The third-order valence-corrected chi connectivity index (χ3v) is 5.39. The molecule has 34 heavy (non-hydrogen) atoms. The quantitative estimate of drug-likeness (QED) is 0.225. The van der Waals surface area contributed by atoms with Crippen molar-refractivity contribution in [2.75, 3.05) is 6.54 Å². The van der Waals surface area contributed by atoms with E-state index in [-0.39, 0.29) is 16.5 Å². The molecule has 1 amide bonds. The highest BCUT2D eigenvalue weighted by Crippen LogP contribution is 2.23. The summed E-state index contributed by atoms with van der Waals surface area (Å²) in [7, 11) is 0. The second-order valence-electron chi connectivity index (χ2n) is 7.29. The van der Waals surface area contributed by atoms with Crippen LogP contribution in [0.5, 0.6) is 0 Å². The van der Waals surface area contributed by atoms with Crippen LogP contribution in [0.25, 0.3) is 0 Å². The van der Waals surface area contributed by atoms with Crippen molar-refractivity contribution < 1.29 is 14.3 Å². The fourth-order valence-corrected chi connectivity index (χ4v) is 3.52. The second-order valence-corrected chi connectivity index (χ2v) is 8.55. The minimum absolute atomic E-state index is 0.232. The first-order valence-electron chi connectivity index (χ1n) is 10.8. The first-order valence-corrected chi connectivity index (χ1v) is 11.9. The Bertz CT molecular complexity index is 1120. The SMILES string of the molecule is CC.CC(=C/C(C)=C(\C)OC(=O)c1ccc(Cl)cc1Cl)/C=C(\C)CNC(=O)c1ccccc1Cl. The van der Waals surface area contributed by atoms with E-state index in [1.807, 2.05) is 46.8 Å². The van der Waals surface area contributed by atoms with E-state index in [0.29, 0.717) is 27.9 Å². The Morgan fingerprint density at radius 3 is 2.15 bits per heavy atom. The van der Waals surface area contributed by atoms with Gasteiger partial charge in [0, 0.05) is 11.6 Å². The monoisotopic (exact) mass is 521 g/mol. The summed E-state index contributed by atoms with van der Waals surface area (Å²) in [5, 5.41) is 3.94. The lowest BCUT2D eigenvalue weighted by atomic mass is 10.1. The topological polar surface area (TPSA) is 55.4 Å². The molecule has 0 aliphatic carbocycles. The molecule has 0 atom stereocenters. The van der Waals surface area contributed by atoms with Crippen LogP contribution >= 0.6 is 34.8 Å². The highest BCUT2D eigenvalue weighted by atomic mass is 35.5. The van der Waals surface area contributed by atoms with Crippen molar-refractivity contribution in [3.8, 4) is 0 Å². The van der Waals surface area contributed by atoms with Crippen LogP contribution in [0.2, 0.25) is 15.1 Å². The predicted molar refractivity (Wildman–Crippen MR) is 143 cm³/mol.